The van der Waals surface area contributed by atoms with E-state index in [1.165, 1.54) is 0 Å². The van der Waals surface area contributed by atoms with Crippen LogP contribution in [0, 0.1) is 0 Å². The number of aliphatic carboxylic acids is 1. The topological polar surface area (TPSA) is 76.1 Å². The number of ether oxygens (including phenoxy) is 2. The van der Waals surface area contributed by atoms with Crippen molar-refractivity contribution < 1.29 is 24.2 Å². The van der Waals surface area contributed by atoms with Crippen LogP contribution in [0.15, 0.2) is 0 Å². The van der Waals surface area contributed by atoms with Crippen molar-refractivity contribution in [2.24, 2.45) is 0 Å². The van der Waals surface area contributed by atoms with E-state index in [2.05, 4.69) is 0 Å². The van der Waals surface area contributed by atoms with Crippen molar-refractivity contribution >= 4 is 11.9 Å². The van der Waals surface area contributed by atoms with Gasteiger partial charge >= 0.3 is 11.9 Å². The molecule has 1 fully saturated rings. The lowest BCUT2D eigenvalue weighted by Crippen LogP contribution is -2.09. The van der Waals surface area contributed by atoms with Gasteiger partial charge in [0.1, 0.15) is 12.7 Å². The summed E-state index contributed by atoms with van der Waals surface area (Å²) in [5, 5.41) is 8.49. The van der Waals surface area contributed by atoms with Crippen molar-refractivity contribution in [3.63, 3.8) is 0 Å². The maximum Gasteiger partial charge on any atom is 0.305 e. The first-order valence-electron chi connectivity index (χ1n) is 7.67. The number of rotatable bonds is 13. The van der Waals surface area contributed by atoms with Crippen molar-refractivity contribution in [2.75, 3.05) is 13.2 Å². The molecule has 0 amide bonds. The minimum atomic E-state index is -0.704. The van der Waals surface area contributed by atoms with Crippen LogP contribution >= 0.6 is 0 Å². The third-order valence-corrected chi connectivity index (χ3v) is 3.35. The lowest BCUT2D eigenvalue weighted by molar-refractivity contribution is -0.144. The number of carboxylic acid groups (broad SMARTS) is 1. The average molecular weight is 286 g/mol. The summed E-state index contributed by atoms with van der Waals surface area (Å²) in [7, 11) is 0. The molecule has 0 aromatic rings. The van der Waals surface area contributed by atoms with E-state index in [1.54, 1.807) is 0 Å². The van der Waals surface area contributed by atoms with Crippen LogP contribution in [-0.4, -0.2) is 36.4 Å². The average Bonchev–Trinajstić information content (AvgIpc) is 3.22. The van der Waals surface area contributed by atoms with Crippen molar-refractivity contribution in [2.45, 2.75) is 70.3 Å². The quantitative estimate of drug-likeness (QED) is 0.320. The summed E-state index contributed by atoms with van der Waals surface area (Å²) < 4.78 is 10.0. The largest absolute Gasteiger partial charge is 0.481 e. The highest BCUT2D eigenvalue weighted by atomic mass is 16.6. The number of unbranched alkanes of at least 4 members (excludes halogenated alkanes) is 7. The molecule has 0 spiro atoms. The first-order chi connectivity index (χ1) is 9.68. The Morgan fingerprint density at radius 2 is 1.45 bits per heavy atom. The number of carboxylic acids is 1. The highest BCUT2D eigenvalue weighted by Crippen LogP contribution is 2.12. The van der Waals surface area contributed by atoms with Crippen LogP contribution in [0.1, 0.15) is 64.2 Å². The Balaban J connectivity index is 1.73. The van der Waals surface area contributed by atoms with Gasteiger partial charge in [0.05, 0.1) is 6.61 Å². The normalized spacial score (nSPS) is 16.9. The fraction of sp³-hybridized carbons (Fsp3) is 0.867. The SMILES string of the molecule is O=C(O)CCCCCCCCCCC(=O)OCC1CO1. The monoisotopic (exact) mass is 286 g/mol. The maximum absolute atomic E-state index is 11.3. The van der Waals surface area contributed by atoms with E-state index in [1.807, 2.05) is 0 Å². The van der Waals surface area contributed by atoms with Gasteiger partial charge < -0.3 is 14.6 Å². The molecule has 116 valence electrons. The Kier molecular flexibility index (Phi) is 9.04. The molecule has 0 radical (unpaired) electrons. The zero-order valence-electron chi connectivity index (χ0n) is 12.1. The van der Waals surface area contributed by atoms with Gasteiger partial charge in [-0.3, -0.25) is 9.59 Å². The van der Waals surface area contributed by atoms with Crippen LogP contribution in [0.2, 0.25) is 0 Å². The molecule has 20 heavy (non-hydrogen) atoms. The van der Waals surface area contributed by atoms with Crippen LogP contribution in [0.4, 0.5) is 0 Å². The highest BCUT2D eigenvalue weighted by Gasteiger charge is 2.23. The Morgan fingerprint density at radius 1 is 0.950 bits per heavy atom. The summed E-state index contributed by atoms with van der Waals surface area (Å²) in [6.07, 6.45) is 9.25. The third kappa shape index (κ3) is 10.8. The van der Waals surface area contributed by atoms with Crippen molar-refractivity contribution in [3.8, 4) is 0 Å². The summed E-state index contributed by atoms with van der Waals surface area (Å²) >= 11 is 0. The van der Waals surface area contributed by atoms with Gasteiger partial charge in [0.2, 0.25) is 0 Å². The number of hydrogen-bond donors (Lipinski definition) is 1. The summed E-state index contributed by atoms with van der Waals surface area (Å²) in [5.74, 6) is -0.820. The number of carbonyl (C=O) groups excluding carboxylic acids is 1. The van der Waals surface area contributed by atoms with Gasteiger partial charge in [0, 0.05) is 12.8 Å². The standard InChI is InChI=1S/C15H26O5/c16-14(17)9-7-5-3-1-2-4-6-8-10-15(18)20-12-13-11-19-13/h13H,1-12H2,(H,16,17). The minimum Gasteiger partial charge on any atom is -0.481 e. The fourth-order valence-electron chi connectivity index (χ4n) is 2.03. The van der Waals surface area contributed by atoms with E-state index in [9.17, 15) is 9.59 Å². The molecule has 0 bridgehead atoms. The van der Waals surface area contributed by atoms with E-state index in [4.69, 9.17) is 14.6 Å². The van der Waals surface area contributed by atoms with Crippen LogP contribution in [-0.2, 0) is 19.1 Å². The van der Waals surface area contributed by atoms with Crippen molar-refractivity contribution in [1.29, 1.82) is 0 Å². The predicted molar refractivity (Wildman–Crippen MR) is 74.5 cm³/mol. The zero-order chi connectivity index (χ0) is 14.6. The Labute approximate surface area is 120 Å². The van der Waals surface area contributed by atoms with Crippen molar-refractivity contribution in [3.05, 3.63) is 0 Å². The summed E-state index contributed by atoms with van der Waals surface area (Å²) in [5.41, 5.74) is 0. The molecule has 1 aliphatic rings. The maximum atomic E-state index is 11.3. The Hall–Kier alpha value is -1.10. The smallest absolute Gasteiger partial charge is 0.305 e. The molecule has 0 aromatic carbocycles. The van der Waals surface area contributed by atoms with Crippen molar-refractivity contribution in [1.82, 2.24) is 0 Å². The molecule has 1 heterocycles. The van der Waals surface area contributed by atoms with E-state index in [0.717, 1.165) is 58.0 Å². The third-order valence-electron chi connectivity index (χ3n) is 3.35. The van der Waals surface area contributed by atoms with Gasteiger partial charge in [-0.1, -0.05) is 38.5 Å². The highest BCUT2D eigenvalue weighted by molar-refractivity contribution is 5.69. The number of hydrogen-bond acceptors (Lipinski definition) is 4. The molecule has 0 aromatic heterocycles. The molecular formula is C15H26O5. The van der Waals surface area contributed by atoms with Gasteiger partial charge in [-0.25, -0.2) is 0 Å². The number of esters is 1. The van der Waals surface area contributed by atoms with Gasteiger partial charge in [0.25, 0.3) is 0 Å². The van der Waals surface area contributed by atoms with Crippen LogP contribution < -0.4 is 0 Å². The van der Waals surface area contributed by atoms with Gasteiger partial charge in [0.15, 0.2) is 0 Å². The molecule has 1 unspecified atom stereocenters. The molecular weight excluding hydrogens is 260 g/mol. The summed E-state index contributed by atoms with van der Waals surface area (Å²) in [6.45, 7) is 1.13. The molecule has 0 saturated carbocycles. The summed E-state index contributed by atoms with van der Waals surface area (Å²) in [4.78, 5) is 21.6. The summed E-state index contributed by atoms with van der Waals surface area (Å²) in [6, 6.07) is 0. The predicted octanol–water partition coefficient (Wildman–Crippen LogP) is 2.91. The first-order valence-corrected chi connectivity index (χ1v) is 7.67. The first kappa shape index (κ1) is 17.0. The van der Waals surface area contributed by atoms with E-state index < -0.39 is 5.97 Å². The number of carbonyl (C=O) groups is 2. The lowest BCUT2D eigenvalue weighted by Gasteiger charge is -2.03. The molecule has 0 aliphatic carbocycles. The second kappa shape index (κ2) is 10.7. The molecule has 1 rings (SSSR count). The van der Waals surface area contributed by atoms with Gasteiger partial charge in [-0.2, -0.15) is 0 Å². The molecule has 1 N–H and O–H groups in total. The molecule has 1 saturated heterocycles. The van der Waals surface area contributed by atoms with Gasteiger partial charge in [-0.15, -0.1) is 0 Å². The van der Waals surface area contributed by atoms with E-state index >= 15 is 0 Å². The Morgan fingerprint density at radius 3 is 1.95 bits per heavy atom. The minimum absolute atomic E-state index is 0.117. The number of epoxide rings is 1. The molecule has 1 aliphatic heterocycles. The van der Waals surface area contributed by atoms with Crippen LogP contribution in [0.3, 0.4) is 0 Å². The van der Waals surface area contributed by atoms with Crippen LogP contribution in [0.5, 0.6) is 0 Å². The molecule has 5 heteroatoms. The molecule has 1 atom stereocenters. The Bertz CT molecular complexity index is 286. The lowest BCUT2D eigenvalue weighted by atomic mass is 10.1. The fourth-order valence-corrected chi connectivity index (χ4v) is 2.03. The second-order valence-corrected chi connectivity index (χ2v) is 5.36. The molecule has 5 nitrogen and oxygen atoms in total. The van der Waals surface area contributed by atoms with Crippen LogP contribution in [0.25, 0.3) is 0 Å². The van der Waals surface area contributed by atoms with E-state index in [-0.39, 0.29) is 18.5 Å². The zero-order valence-corrected chi connectivity index (χ0v) is 12.1. The van der Waals surface area contributed by atoms with E-state index in [0.29, 0.717) is 13.0 Å². The van der Waals surface area contributed by atoms with Gasteiger partial charge in [-0.05, 0) is 12.8 Å². The second-order valence-electron chi connectivity index (χ2n) is 5.36.